The van der Waals surface area contributed by atoms with Crippen LogP contribution in [0.25, 0.3) is 0 Å². The molecule has 8 nitrogen and oxygen atoms in total. The molecule has 0 fully saturated rings. The zero-order valence-corrected chi connectivity index (χ0v) is 21.1. The zero-order valence-electron chi connectivity index (χ0n) is 19.5. The molecular formula is C23H31N3O5S2. The summed E-state index contributed by atoms with van der Waals surface area (Å²) in [4.78, 5) is 29.0. The zero-order chi connectivity index (χ0) is 24.2. The Morgan fingerprint density at radius 2 is 1.82 bits per heavy atom. The van der Waals surface area contributed by atoms with Crippen molar-refractivity contribution in [3.8, 4) is 0 Å². The van der Waals surface area contributed by atoms with Gasteiger partial charge in [-0.3, -0.25) is 9.69 Å². The number of rotatable bonds is 9. The number of nitrogens with zero attached hydrogens (tertiary/aromatic N) is 2. The molecular weight excluding hydrogens is 462 g/mol. The first-order chi connectivity index (χ1) is 15.8. The molecule has 0 spiro atoms. The van der Waals surface area contributed by atoms with E-state index in [0.717, 1.165) is 42.9 Å². The minimum Gasteiger partial charge on any atom is -0.465 e. The highest BCUT2D eigenvalue weighted by Gasteiger charge is 2.29. The van der Waals surface area contributed by atoms with Crippen LogP contribution in [0.4, 0.5) is 5.00 Å². The summed E-state index contributed by atoms with van der Waals surface area (Å²) >= 11 is 1.40. The summed E-state index contributed by atoms with van der Waals surface area (Å²) in [6.45, 7) is 9.02. The van der Waals surface area contributed by atoms with E-state index in [1.165, 1.54) is 47.0 Å². The van der Waals surface area contributed by atoms with E-state index in [0.29, 0.717) is 29.2 Å². The highest BCUT2D eigenvalue weighted by molar-refractivity contribution is 7.89. The van der Waals surface area contributed by atoms with Crippen LogP contribution in [0.3, 0.4) is 0 Å². The van der Waals surface area contributed by atoms with Gasteiger partial charge in [-0.05, 0) is 49.2 Å². The van der Waals surface area contributed by atoms with Gasteiger partial charge in [-0.25, -0.2) is 13.2 Å². The van der Waals surface area contributed by atoms with E-state index < -0.39 is 21.9 Å². The first-order valence-electron chi connectivity index (χ1n) is 11.1. The first-order valence-corrected chi connectivity index (χ1v) is 13.4. The topological polar surface area (TPSA) is 96.0 Å². The van der Waals surface area contributed by atoms with Gasteiger partial charge in [-0.15, -0.1) is 11.3 Å². The summed E-state index contributed by atoms with van der Waals surface area (Å²) in [5.41, 5.74) is 1.67. The number of methoxy groups -OCH3 is 1. The number of ether oxygens (including phenoxy) is 1. The van der Waals surface area contributed by atoms with E-state index >= 15 is 0 Å². The Labute approximate surface area is 199 Å². The van der Waals surface area contributed by atoms with Crippen LogP contribution in [0.2, 0.25) is 0 Å². The molecule has 10 heteroatoms. The van der Waals surface area contributed by atoms with Crippen molar-refractivity contribution in [3.05, 3.63) is 45.8 Å². The molecule has 2 aromatic rings. The van der Waals surface area contributed by atoms with E-state index in [-0.39, 0.29) is 4.90 Å². The van der Waals surface area contributed by atoms with Gasteiger partial charge < -0.3 is 10.1 Å². The number of esters is 1. The molecule has 180 valence electrons. The fourth-order valence-electron chi connectivity index (χ4n) is 4.04. The molecule has 33 heavy (non-hydrogen) atoms. The van der Waals surface area contributed by atoms with Crippen LogP contribution < -0.4 is 5.32 Å². The molecule has 0 saturated heterocycles. The normalized spacial score (nSPS) is 14.2. The Morgan fingerprint density at radius 1 is 1.15 bits per heavy atom. The third-order valence-electron chi connectivity index (χ3n) is 5.75. The largest absolute Gasteiger partial charge is 0.465 e. The number of anilines is 1. The molecule has 1 amide bonds. The number of fused-ring (bicyclic) bond motifs is 1. The number of sulfonamides is 1. The molecule has 0 saturated carbocycles. The Balaban J connectivity index is 1.85. The first kappa shape index (κ1) is 25.4. The van der Waals surface area contributed by atoms with Crippen LogP contribution in [-0.2, 0) is 27.7 Å². The fourth-order valence-corrected chi connectivity index (χ4v) is 6.77. The van der Waals surface area contributed by atoms with E-state index in [4.69, 9.17) is 4.74 Å². The van der Waals surface area contributed by atoms with Crippen molar-refractivity contribution in [2.75, 3.05) is 38.6 Å². The van der Waals surface area contributed by atoms with Crippen molar-refractivity contribution in [1.82, 2.24) is 9.21 Å². The van der Waals surface area contributed by atoms with E-state index in [9.17, 15) is 18.0 Å². The lowest BCUT2D eigenvalue weighted by Crippen LogP contribution is -2.30. The maximum Gasteiger partial charge on any atom is 0.341 e. The average molecular weight is 494 g/mol. The molecule has 1 N–H and O–H groups in total. The van der Waals surface area contributed by atoms with Gasteiger partial charge in [0.05, 0.1) is 17.6 Å². The summed E-state index contributed by atoms with van der Waals surface area (Å²) in [5.74, 6) is -0.872. The van der Waals surface area contributed by atoms with Gasteiger partial charge in [0.25, 0.3) is 5.91 Å². The second-order valence-electron chi connectivity index (χ2n) is 7.79. The Hall–Kier alpha value is -2.27. The predicted octanol–water partition coefficient (Wildman–Crippen LogP) is 3.59. The molecule has 3 rings (SSSR count). The lowest BCUT2D eigenvalue weighted by molar-refractivity contribution is 0.0600. The number of benzene rings is 1. The maximum atomic E-state index is 12.9. The maximum absolute atomic E-state index is 12.9. The quantitative estimate of drug-likeness (QED) is 0.537. The third kappa shape index (κ3) is 5.29. The molecule has 0 radical (unpaired) electrons. The van der Waals surface area contributed by atoms with Crippen LogP contribution in [0.5, 0.6) is 0 Å². The van der Waals surface area contributed by atoms with Crippen molar-refractivity contribution in [3.63, 3.8) is 0 Å². The monoisotopic (exact) mass is 493 g/mol. The number of nitrogens with one attached hydrogen (secondary N) is 1. The van der Waals surface area contributed by atoms with Gasteiger partial charge in [-0.2, -0.15) is 4.31 Å². The second-order valence-corrected chi connectivity index (χ2v) is 10.8. The molecule has 1 aliphatic heterocycles. The molecule has 0 bridgehead atoms. The van der Waals surface area contributed by atoms with Crippen molar-refractivity contribution in [1.29, 1.82) is 0 Å². The second kappa shape index (κ2) is 10.8. The molecule has 2 heterocycles. The smallest absolute Gasteiger partial charge is 0.341 e. The van der Waals surface area contributed by atoms with Gasteiger partial charge in [0, 0.05) is 36.6 Å². The van der Waals surface area contributed by atoms with E-state index in [2.05, 4.69) is 17.1 Å². The van der Waals surface area contributed by atoms with Gasteiger partial charge in [0.1, 0.15) is 5.00 Å². The number of carbonyl (C=O) groups excluding carboxylic acids is 2. The van der Waals surface area contributed by atoms with E-state index in [1.54, 1.807) is 13.8 Å². The Bertz CT molecular complexity index is 1110. The van der Waals surface area contributed by atoms with Gasteiger partial charge >= 0.3 is 5.97 Å². The molecule has 0 atom stereocenters. The summed E-state index contributed by atoms with van der Waals surface area (Å²) in [6, 6.07) is 5.85. The Kier molecular flexibility index (Phi) is 8.28. The predicted molar refractivity (Wildman–Crippen MR) is 129 cm³/mol. The average Bonchev–Trinajstić information content (AvgIpc) is 3.16. The van der Waals surface area contributed by atoms with Crippen LogP contribution in [0.1, 0.15) is 58.3 Å². The molecule has 1 aliphatic rings. The number of hydrogen-bond donors (Lipinski definition) is 1. The van der Waals surface area contributed by atoms with Crippen molar-refractivity contribution in [2.24, 2.45) is 0 Å². The number of carbonyl (C=O) groups is 2. The van der Waals surface area contributed by atoms with Gasteiger partial charge in [0.2, 0.25) is 10.0 Å². The van der Waals surface area contributed by atoms with Crippen LogP contribution in [0, 0.1) is 0 Å². The summed E-state index contributed by atoms with van der Waals surface area (Å²) < 4.78 is 31.7. The lowest BCUT2D eigenvalue weighted by Gasteiger charge is -2.26. The molecule has 1 aromatic heterocycles. The number of hydrogen-bond acceptors (Lipinski definition) is 7. The lowest BCUT2D eigenvalue weighted by atomic mass is 10.0. The standard InChI is InChI=1S/C23H31N3O5S2/c1-5-13-25-14-12-18-19(15-25)32-22(20(18)23(28)31-4)24-21(27)16-8-10-17(11-9-16)33(29,30)26(6-2)7-3/h8-11H,5-7,12-15H2,1-4H3,(H,24,27). The van der Waals surface area contributed by atoms with Crippen LogP contribution in [-0.4, -0.2) is 62.8 Å². The van der Waals surface area contributed by atoms with E-state index in [1.807, 2.05) is 0 Å². The highest BCUT2D eigenvalue weighted by Crippen LogP contribution is 2.38. The Morgan fingerprint density at radius 3 is 2.39 bits per heavy atom. The minimum absolute atomic E-state index is 0.139. The molecule has 0 unspecified atom stereocenters. The summed E-state index contributed by atoms with van der Waals surface area (Å²) in [6.07, 6.45) is 1.78. The summed E-state index contributed by atoms with van der Waals surface area (Å²) in [5, 5.41) is 3.32. The van der Waals surface area contributed by atoms with Gasteiger partial charge in [0.15, 0.2) is 0 Å². The molecule has 0 aliphatic carbocycles. The number of amides is 1. The van der Waals surface area contributed by atoms with Crippen molar-refractivity contribution < 1.29 is 22.7 Å². The van der Waals surface area contributed by atoms with Crippen LogP contribution >= 0.6 is 11.3 Å². The van der Waals surface area contributed by atoms with Crippen LogP contribution in [0.15, 0.2) is 29.2 Å². The minimum atomic E-state index is -3.60. The molecule has 1 aromatic carbocycles. The summed E-state index contributed by atoms with van der Waals surface area (Å²) in [7, 11) is -2.27. The van der Waals surface area contributed by atoms with Crippen molar-refractivity contribution >= 4 is 38.2 Å². The van der Waals surface area contributed by atoms with Crippen molar-refractivity contribution in [2.45, 2.75) is 45.1 Å². The highest BCUT2D eigenvalue weighted by atomic mass is 32.2. The van der Waals surface area contributed by atoms with Gasteiger partial charge in [-0.1, -0.05) is 20.8 Å². The number of thiophene rings is 1. The third-order valence-corrected chi connectivity index (χ3v) is 8.95. The SMILES string of the molecule is CCCN1CCc2c(sc(NC(=O)c3ccc(S(=O)(=O)N(CC)CC)cc3)c2C(=O)OC)C1. The fraction of sp³-hybridized carbons (Fsp3) is 0.478.